The summed E-state index contributed by atoms with van der Waals surface area (Å²) < 4.78 is 2.61. The molecule has 0 N–H and O–H groups in total. The predicted octanol–water partition coefficient (Wildman–Crippen LogP) is 11.5. The van der Waals surface area contributed by atoms with Crippen LogP contribution in [0.1, 0.15) is 50.3 Å². The summed E-state index contributed by atoms with van der Waals surface area (Å²) >= 11 is 1.84. The maximum atomic E-state index is 5.26. The lowest BCUT2D eigenvalue weighted by atomic mass is 9.89. The molecule has 204 valence electrons. The monoisotopic (exact) mass is 552 g/mol. The van der Waals surface area contributed by atoms with Crippen LogP contribution in [-0.4, -0.2) is 4.98 Å². The van der Waals surface area contributed by atoms with E-state index < -0.39 is 0 Å². The minimum absolute atomic E-state index is 0.911. The van der Waals surface area contributed by atoms with Gasteiger partial charge in [0, 0.05) is 31.4 Å². The van der Waals surface area contributed by atoms with E-state index in [-0.39, 0.29) is 0 Å². The highest BCUT2D eigenvalue weighted by molar-refractivity contribution is 7.25. The second kappa shape index (κ2) is 11.3. The topological polar surface area (TPSA) is 16.1 Å². The summed E-state index contributed by atoms with van der Waals surface area (Å²) in [4.78, 5) is 7.56. The Morgan fingerprint density at radius 1 is 0.854 bits per heavy atom. The molecule has 3 aromatic carbocycles. The van der Waals surface area contributed by atoms with E-state index in [2.05, 4.69) is 143 Å². The van der Waals surface area contributed by atoms with Gasteiger partial charge < -0.3 is 0 Å². The molecule has 0 saturated heterocycles. The Morgan fingerprint density at radius 3 is 2.49 bits per heavy atom. The third-order valence-corrected chi connectivity index (χ3v) is 9.17. The Morgan fingerprint density at radius 2 is 1.68 bits per heavy atom. The fourth-order valence-corrected chi connectivity index (χ4v) is 7.03. The van der Waals surface area contributed by atoms with Crippen LogP contribution in [0.3, 0.4) is 0 Å². The van der Waals surface area contributed by atoms with Crippen LogP contribution in [0.15, 0.2) is 114 Å². The Hall–Kier alpha value is -4.21. The van der Waals surface area contributed by atoms with Crippen molar-refractivity contribution >= 4 is 48.6 Å². The number of aryl methyl sites for hydroxylation is 2. The van der Waals surface area contributed by atoms with Gasteiger partial charge in [-0.2, -0.15) is 0 Å². The number of rotatable bonds is 6. The van der Waals surface area contributed by atoms with Gasteiger partial charge in [0.05, 0.1) is 11.4 Å². The molecular weight excluding hydrogens is 516 g/mol. The molecule has 41 heavy (non-hydrogen) atoms. The first-order valence-electron chi connectivity index (χ1n) is 14.4. The van der Waals surface area contributed by atoms with Crippen molar-refractivity contribution in [1.29, 1.82) is 0 Å². The molecule has 0 aliphatic heterocycles. The molecule has 0 unspecified atom stereocenters. The first kappa shape index (κ1) is 27.0. The number of hydrogen-bond acceptors (Lipinski definition) is 3. The Kier molecular flexibility index (Phi) is 7.47. The van der Waals surface area contributed by atoms with Crippen LogP contribution >= 0.6 is 11.3 Å². The molecule has 0 bridgehead atoms. The lowest BCUT2D eigenvalue weighted by Gasteiger charge is -2.28. The normalized spacial score (nSPS) is 14.1. The van der Waals surface area contributed by atoms with Gasteiger partial charge in [-0.15, -0.1) is 11.3 Å². The molecule has 0 saturated carbocycles. The molecule has 3 heteroatoms. The summed E-state index contributed by atoms with van der Waals surface area (Å²) in [5.41, 5.74) is 11.0. The number of pyridine rings is 1. The van der Waals surface area contributed by atoms with Crippen molar-refractivity contribution in [3.63, 3.8) is 0 Å². The highest BCUT2D eigenvalue weighted by Gasteiger charge is 2.20. The van der Waals surface area contributed by atoms with Gasteiger partial charge in [-0.1, -0.05) is 66.3 Å². The van der Waals surface area contributed by atoms with E-state index in [1.165, 1.54) is 48.0 Å². The first-order chi connectivity index (χ1) is 20.0. The average molecular weight is 553 g/mol. The summed E-state index contributed by atoms with van der Waals surface area (Å²) in [7, 11) is 0. The van der Waals surface area contributed by atoms with E-state index >= 15 is 0 Å². The van der Waals surface area contributed by atoms with Gasteiger partial charge in [0.2, 0.25) is 0 Å². The van der Waals surface area contributed by atoms with Crippen LogP contribution in [0.2, 0.25) is 0 Å². The van der Waals surface area contributed by atoms with Crippen LogP contribution in [-0.2, 0) is 0 Å². The van der Waals surface area contributed by atoms with E-state index in [0.29, 0.717) is 0 Å². The predicted molar refractivity (Wildman–Crippen MR) is 180 cm³/mol. The lowest BCUT2D eigenvalue weighted by molar-refractivity contribution is 0.966. The van der Waals surface area contributed by atoms with E-state index in [1.807, 2.05) is 11.3 Å². The van der Waals surface area contributed by atoms with Gasteiger partial charge in [0.15, 0.2) is 0 Å². The lowest BCUT2D eigenvalue weighted by Crippen LogP contribution is -2.18. The standard InChI is InChI=1S/C38H36N2S/c1-6-13-29(7-2)40(35-23-26(4)33(22-27(35)5)30-15-9-8-14-25(30)3)38-19-12-17-34(39-38)28-20-21-32-31-16-10-11-18-36(31)41-37(32)24-28/h6-7,9-13,15-24H,8,14H2,1-5H3/b13-6-,29-7+. The molecular formula is C38H36N2S. The van der Waals surface area contributed by atoms with Crippen molar-refractivity contribution < 1.29 is 0 Å². The fraction of sp³-hybridized carbons (Fsp3) is 0.184. The second-order valence-corrected chi connectivity index (χ2v) is 11.9. The van der Waals surface area contributed by atoms with Crippen molar-refractivity contribution in [2.24, 2.45) is 0 Å². The van der Waals surface area contributed by atoms with Crippen molar-refractivity contribution in [3.05, 3.63) is 131 Å². The molecule has 0 fully saturated rings. The number of benzene rings is 3. The third kappa shape index (κ3) is 5.07. The summed E-state index contributed by atoms with van der Waals surface area (Å²) in [6, 6.07) is 26.4. The molecule has 2 aromatic heterocycles. The highest BCUT2D eigenvalue weighted by Crippen LogP contribution is 2.39. The van der Waals surface area contributed by atoms with Gasteiger partial charge in [-0.25, -0.2) is 4.98 Å². The number of aromatic nitrogens is 1. The summed E-state index contributed by atoms with van der Waals surface area (Å²) in [6.07, 6.45) is 13.3. The van der Waals surface area contributed by atoms with Gasteiger partial charge in [-0.3, -0.25) is 4.90 Å². The van der Waals surface area contributed by atoms with Crippen LogP contribution in [0, 0.1) is 13.8 Å². The number of anilines is 2. The summed E-state index contributed by atoms with van der Waals surface area (Å²) in [6.45, 7) is 10.9. The van der Waals surface area contributed by atoms with E-state index in [0.717, 1.165) is 41.3 Å². The van der Waals surface area contributed by atoms with Gasteiger partial charge in [0.1, 0.15) is 5.82 Å². The number of nitrogens with zero attached hydrogens (tertiary/aromatic N) is 2. The highest BCUT2D eigenvalue weighted by atomic mass is 32.1. The molecule has 6 rings (SSSR count). The third-order valence-electron chi connectivity index (χ3n) is 8.03. The molecule has 2 heterocycles. The first-order valence-corrected chi connectivity index (χ1v) is 15.3. The minimum Gasteiger partial charge on any atom is -0.295 e. The van der Waals surface area contributed by atoms with Gasteiger partial charge in [-0.05, 0) is 112 Å². The van der Waals surface area contributed by atoms with E-state index in [9.17, 15) is 0 Å². The Balaban J connectivity index is 1.47. The Bertz CT molecular complexity index is 1900. The zero-order chi connectivity index (χ0) is 28.5. The van der Waals surface area contributed by atoms with Crippen LogP contribution < -0.4 is 4.90 Å². The smallest absolute Gasteiger partial charge is 0.138 e. The van der Waals surface area contributed by atoms with E-state index in [1.54, 1.807) is 0 Å². The molecule has 1 aliphatic carbocycles. The van der Waals surface area contributed by atoms with Gasteiger partial charge >= 0.3 is 0 Å². The van der Waals surface area contributed by atoms with E-state index in [4.69, 9.17) is 4.98 Å². The molecule has 0 atom stereocenters. The molecule has 0 spiro atoms. The van der Waals surface area contributed by atoms with Crippen LogP contribution in [0.4, 0.5) is 11.5 Å². The molecule has 5 aromatic rings. The average Bonchev–Trinajstić information content (AvgIpc) is 3.37. The number of fused-ring (bicyclic) bond motifs is 3. The van der Waals surface area contributed by atoms with Crippen LogP contribution in [0.25, 0.3) is 37.0 Å². The number of allylic oxidation sites excluding steroid dienone is 7. The van der Waals surface area contributed by atoms with Crippen molar-refractivity contribution in [2.45, 2.75) is 47.5 Å². The van der Waals surface area contributed by atoms with Crippen molar-refractivity contribution in [1.82, 2.24) is 4.98 Å². The van der Waals surface area contributed by atoms with Crippen LogP contribution in [0.5, 0.6) is 0 Å². The maximum absolute atomic E-state index is 5.26. The SMILES string of the molecule is C/C=C\C(=C/C)N(c1cccc(-c2ccc3c(c2)sc2ccccc23)n1)c1cc(C)c(C2=C(C)CCC=C2)cc1C. The molecule has 0 amide bonds. The second-order valence-electron chi connectivity index (χ2n) is 10.8. The molecule has 2 nitrogen and oxygen atoms in total. The van der Waals surface area contributed by atoms with Gasteiger partial charge in [0.25, 0.3) is 0 Å². The largest absolute Gasteiger partial charge is 0.295 e. The minimum atomic E-state index is 0.911. The summed E-state index contributed by atoms with van der Waals surface area (Å²) in [5, 5.41) is 2.63. The maximum Gasteiger partial charge on any atom is 0.138 e. The zero-order valence-corrected chi connectivity index (χ0v) is 25.3. The molecule has 1 aliphatic rings. The number of hydrogen-bond donors (Lipinski definition) is 0. The quantitative estimate of drug-likeness (QED) is 0.195. The zero-order valence-electron chi connectivity index (χ0n) is 24.5. The number of thiophene rings is 1. The summed E-state index contributed by atoms with van der Waals surface area (Å²) in [5.74, 6) is 0.911. The van der Waals surface area contributed by atoms with Crippen molar-refractivity contribution in [3.8, 4) is 11.3 Å². The fourth-order valence-electron chi connectivity index (χ4n) is 5.89. The Labute approximate surface area is 247 Å². The molecule has 0 radical (unpaired) electrons. The van der Waals surface area contributed by atoms with Crippen molar-refractivity contribution in [2.75, 3.05) is 4.90 Å².